The van der Waals surface area contributed by atoms with Crippen molar-refractivity contribution in [3.05, 3.63) is 71.9 Å². The fourth-order valence-electron chi connectivity index (χ4n) is 3.46. The van der Waals surface area contributed by atoms with E-state index >= 15 is 0 Å². The van der Waals surface area contributed by atoms with Crippen molar-refractivity contribution in [2.45, 2.75) is 28.1 Å². The van der Waals surface area contributed by atoms with Gasteiger partial charge in [0, 0.05) is 18.9 Å². The molecule has 0 saturated carbocycles. The summed E-state index contributed by atoms with van der Waals surface area (Å²) >= 11 is 1.01. The van der Waals surface area contributed by atoms with Crippen LogP contribution in [-0.2, 0) is 36.2 Å². The highest BCUT2D eigenvalue weighted by Crippen LogP contribution is 2.32. The van der Waals surface area contributed by atoms with Crippen LogP contribution in [-0.4, -0.2) is 44.0 Å². The van der Waals surface area contributed by atoms with E-state index in [1.807, 2.05) is 0 Å². The lowest BCUT2D eigenvalue weighted by molar-refractivity contribution is -0.122. The fourth-order valence-corrected chi connectivity index (χ4v) is 6.66. The van der Waals surface area contributed by atoms with Gasteiger partial charge in [-0.15, -0.1) is 11.3 Å². The number of nitrogens with two attached hydrogens (primary N) is 1. The Kier molecular flexibility index (Phi) is 6.16. The third-order valence-corrected chi connectivity index (χ3v) is 9.17. The molecule has 10 nitrogen and oxygen atoms in total. The molecule has 172 valence electrons. The zero-order valence-corrected chi connectivity index (χ0v) is 19.4. The maximum absolute atomic E-state index is 13.4. The topological polar surface area (TPSA) is 148 Å². The van der Waals surface area contributed by atoms with E-state index in [1.54, 1.807) is 29.8 Å². The minimum Gasteiger partial charge on any atom is -0.274 e. The molecule has 3 heterocycles. The largest absolute Gasteiger partial charge is 0.274 e. The van der Waals surface area contributed by atoms with Crippen LogP contribution >= 0.6 is 11.3 Å². The Balaban J connectivity index is 1.71. The number of carbonyl (C=O) groups excluding carboxylic acids is 2. The van der Waals surface area contributed by atoms with Crippen LogP contribution in [0.15, 0.2) is 75.4 Å². The Morgan fingerprint density at radius 1 is 1.06 bits per heavy atom. The number of hydrogen-bond acceptors (Lipinski definition) is 8. The monoisotopic (exact) mass is 506 g/mol. The number of hydrogen-bond donors (Lipinski definition) is 1. The van der Waals surface area contributed by atoms with Gasteiger partial charge in [0.25, 0.3) is 15.9 Å². The molecule has 1 aromatic carbocycles. The number of pyridine rings is 1. The lowest BCUT2D eigenvalue weighted by atomic mass is 10.2. The number of primary sulfonamides is 1. The fraction of sp³-hybridized carbons (Fsp3) is 0.150. The van der Waals surface area contributed by atoms with E-state index in [9.17, 15) is 26.4 Å². The predicted molar refractivity (Wildman–Crippen MR) is 120 cm³/mol. The van der Waals surface area contributed by atoms with Gasteiger partial charge in [-0.1, -0.05) is 12.1 Å². The second-order valence-corrected chi connectivity index (χ2v) is 11.8. The number of amides is 2. The van der Waals surface area contributed by atoms with E-state index < -0.39 is 37.9 Å². The Bertz CT molecular complexity index is 1390. The van der Waals surface area contributed by atoms with E-state index in [2.05, 4.69) is 4.98 Å². The zero-order chi connectivity index (χ0) is 23.8. The van der Waals surface area contributed by atoms with E-state index in [4.69, 9.17) is 5.14 Å². The van der Waals surface area contributed by atoms with Gasteiger partial charge in [-0.05, 0) is 47.3 Å². The van der Waals surface area contributed by atoms with Crippen molar-refractivity contribution in [1.82, 2.24) is 9.29 Å². The Hall–Kier alpha value is -2.97. The summed E-state index contributed by atoms with van der Waals surface area (Å²) in [4.78, 5) is 30.7. The average molecular weight is 507 g/mol. The molecular formula is C20H18N4O6S3. The zero-order valence-electron chi connectivity index (χ0n) is 16.9. The van der Waals surface area contributed by atoms with Crippen LogP contribution in [0.1, 0.15) is 12.0 Å². The molecule has 0 radical (unpaired) electrons. The number of rotatable bonds is 7. The number of imide groups is 1. The van der Waals surface area contributed by atoms with E-state index in [-0.39, 0.29) is 27.8 Å². The summed E-state index contributed by atoms with van der Waals surface area (Å²) in [6, 6.07) is 9.96. The maximum Gasteiger partial charge on any atom is 0.253 e. The maximum atomic E-state index is 13.4. The highest BCUT2D eigenvalue weighted by molar-refractivity contribution is 7.91. The number of benzene rings is 1. The van der Waals surface area contributed by atoms with Crippen molar-refractivity contribution in [2.24, 2.45) is 5.14 Å². The van der Waals surface area contributed by atoms with Crippen LogP contribution in [0.2, 0.25) is 0 Å². The van der Waals surface area contributed by atoms with Gasteiger partial charge >= 0.3 is 0 Å². The summed E-state index contributed by atoms with van der Waals surface area (Å²) in [7, 11) is -8.05. The molecule has 2 N–H and O–H groups in total. The second kappa shape index (κ2) is 8.76. The molecule has 0 spiro atoms. The number of aromatic nitrogens is 1. The molecule has 13 heteroatoms. The molecule has 33 heavy (non-hydrogen) atoms. The van der Waals surface area contributed by atoms with E-state index in [0.717, 1.165) is 20.5 Å². The highest BCUT2D eigenvalue weighted by Gasteiger charge is 2.47. The molecule has 1 unspecified atom stereocenters. The van der Waals surface area contributed by atoms with E-state index in [0.29, 0.717) is 5.56 Å². The van der Waals surface area contributed by atoms with Gasteiger partial charge < -0.3 is 0 Å². The summed E-state index contributed by atoms with van der Waals surface area (Å²) in [5, 5.41) is 6.70. The average Bonchev–Trinajstić information content (AvgIpc) is 3.41. The third-order valence-electron chi connectivity index (χ3n) is 5.01. The number of nitrogens with zero attached hydrogens (tertiary/aromatic N) is 3. The lowest BCUT2D eigenvalue weighted by Gasteiger charge is -2.26. The quantitative estimate of drug-likeness (QED) is 0.475. The molecule has 4 rings (SSSR count). The van der Waals surface area contributed by atoms with Crippen molar-refractivity contribution in [1.29, 1.82) is 0 Å². The van der Waals surface area contributed by atoms with Crippen molar-refractivity contribution in [3.63, 3.8) is 0 Å². The number of sulfonamides is 2. The second-order valence-electron chi connectivity index (χ2n) is 7.17. The first-order valence-corrected chi connectivity index (χ1v) is 13.4. The summed E-state index contributed by atoms with van der Waals surface area (Å²) in [6.45, 7) is -0.157. The van der Waals surface area contributed by atoms with Gasteiger partial charge in [-0.25, -0.2) is 26.9 Å². The molecule has 2 amide bonds. The molecule has 1 fully saturated rings. The van der Waals surface area contributed by atoms with Crippen LogP contribution < -0.4 is 10.0 Å². The van der Waals surface area contributed by atoms with Gasteiger partial charge in [-0.3, -0.25) is 14.6 Å². The summed E-state index contributed by atoms with van der Waals surface area (Å²) in [6.07, 6.45) is 2.67. The standard InChI is InChI=1S/C20H18N4O6S3/c21-32(27,28)16-7-5-15(6-8-16)24-18(25)11-17(20(24)26)23(13-14-3-1-9-22-12-14)33(29,30)19-4-2-10-31-19/h1-10,12,17H,11,13H2,(H2,21,27,28). The molecule has 1 aliphatic heterocycles. The van der Waals surface area contributed by atoms with Crippen molar-refractivity contribution in [3.8, 4) is 0 Å². The molecule has 2 aromatic heterocycles. The van der Waals surface area contributed by atoms with Gasteiger partial charge in [0.1, 0.15) is 10.3 Å². The van der Waals surface area contributed by atoms with Crippen molar-refractivity contribution >= 4 is 48.9 Å². The van der Waals surface area contributed by atoms with Crippen molar-refractivity contribution in [2.75, 3.05) is 4.90 Å². The molecule has 0 aliphatic carbocycles. The number of carbonyl (C=O) groups is 2. The van der Waals surface area contributed by atoms with Gasteiger partial charge in [-0.2, -0.15) is 4.31 Å². The molecule has 0 bridgehead atoms. The van der Waals surface area contributed by atoms with Gasteiger partial charge in [0.2, 0.25) is 15.9 Å². The van der Waals surface area contributed by atoms with Gasteiger partial charge in [0.15, 0.2) is 0 Å². The first-order valence-electron chi connectivity index (χ1n) is 9.53. The van der Waals surface area contributed by atoms with Crippen molar-refractivity contribution < 1.29 is 26.4 Å². The minimum atomic E-state index is -4.10. The Morgan fingerprint density at radius 2 is 1.79 bits per heavy atom. The van der Waals surface area contributed by atoms with Crippen LogP contribution in [0, 0.1) is 0 Å². The van der Waals surface area contributed by atoms with Crippen LogP contribution in [0.5, 0.6) is 0 Å². The molecule has 1 aliphatic rings. The minimum absolute atomic E-state index is 0.0441. The summed E-state index contributed by atoms with van der Waals surface area (Å²) in [5.41, 5.74) is 0.670. The molecule has 1 atom stereocenters. The first-order chi connectivity index (χ1) is 15.6. The lowest BCUT2D eigenvalue weighted by Crippen LogP contribution is -2.44. The molecular weight excluding hydrogens is 488 g/mol. The summed E-state index contributed by atoms with van der Waals surface area (Å²) < 4.78 is 50.8. The van der Waals surface area contributed by atoms with E-state index in [1.165, 1.54) is 36.5 Å². The molecule has 3 aromatic rings. The summed E-state index contributed by atoms with van der Waals surface area (Å²) in [5.74, 6) is -1.33. The third kappa shape index (κ3) is 4.58. The van der Waals surface area contributed by atoms with Crippen LogP contribution in [0.3, 0.4) is 0 Å². The SMILES string of the molecule is NS(=O)(=O)c1ccc(N2C(=O)CC(N(Cc3cccnc3)S(=O)(=O)c3cccs3)C2=O)cc1. The Morgan fingerprint density at radius 3 is 2.36 bits per heavy atom. The normalized spacial score (nSPS) is 17.2. The van der Waals surface area contributed by atoms with Crippen LogP contribution in [0.25, 0.3) is 0 Å². The predicted octanol–water partition coefficient (Wildman–Crippen LogP) is 1.31. The van der Waals surface area contributed by atoms with Gasteiger partial charge in [0.05, 0.1) is 17.0 Å². The first kappa shape index (κ1) is 23.2. The number of thiophene rings is 1. The number of anilines is 1. The Labute approximate surface area is 194 Å². The smallest absolute Gasteiger partial charge is 0.253 e. The molecule has 1 saturated heterocycles. The highest BCUT2D eigenvalue weighted by atomic mass is 32.2. The van der Waals surface area contributed by atoms with Crippen LogP contribution in [0.4, 0.5) is 5.69 Å².